The number of aromatic hydroxyl groups is 1. The molecule has 2 aromatic carbocycles. The number of rotatable bonds is 6. The highest BCUT2D eigenvalue weighted by atomic mass is 16.3. The van der Waals surface area contributed by atoms with Gasteiger partial charge in [0, 0.05) is 31.5 Å². The molecule has 0 saturated carbocycles. The van der Waals surface area contributed by atoms with Crippen molar-refractivity contribution in [2.45, 2.75) is 26.1 Å². The number of hydrogen-bond donors (Lipinski definition) is 4. The maximum absolute atomic E-state index is 13.7. The van der Waals surface area contributed by atoms with Crippen LogP contribution in [0.4, 0.5) is 17.3 Å². The molecule has 0 spiro atoms. The van der Waals surface area contributed by atoms with Gasteiger partial charge in [-0.05, 0) is 61.4 Å². The van der Waals surface area contributed by atoms with Gasteiger partial charge in [-0.25, -0.2) is 9.97 Å². The predicted octanol–water partition coefficient (Wildman–Crippen LogP) is 3.27. The average molecular weight is 527 g/mol. The van der Waals surface area contributed by atoms with Crippen LogP contribution in [0.25, 0.3) is 11.1 Å². The fraction of sp³-hybridized carbons (Fsp3) is 0.214. The number of carbonyl (C=O) groups is 2. The highest BCUT2D eigenvalue weighted by molar-refractivity contribution is 6.07. The number of para-hydroxylation sites is 1. The van der Waals surface area contributed by atoms with Crippen LogP contribution in [0.2, 0.25) is 0 Å². The van der Waals surface area contributed by atoms with Gasteiger partial charge >= 0.3 is 0 Å². The van der Waals surface area contributed by atoms with Crippen molar-refractivity contribution in [2.75, 3.05) is 35.5 Å². The first kappa shape index (κ1) is 25.6. The number of nitrogens with two attached hydrogens (primary N) is 1. The van der Waals surface area contributed by atoms with E-state index < -0.39 is 12.2 Å². The second-order valence-electron chi connectivity index (χ2n) is 9.69. The number of nitrogens with one attached hydrogen (secondary N) is 2. The van der Waals surface area contributed by atoms with Crippen molar-refractivity contribution in [1.82, 2.24) is 19.5 Å². The smallest absolute Gasteiger partial charge is 0.278 e. The van der Waals surface area contributed by atoms with Crippen molar-refractivity contribution in [2.24, 2.45) is 0 Å². The Labute approximate surface area is 225 Å². The van der Waals surface area contributed by atoms with Crippen molar-refractivity contribution in [3.05, 3.63) is 83.9 Å². The third kappa shape index (κ3) is 4.70. The molecule has 1 aliphatic heterocycles. The zero-order chi connectivity index (χ0) is 27.8. The molecular formula is C28H30N8O3. The zero-order valence-electron chi connectivity index (χ0n) is 22.1. The standard InChI is InChI=1S/C28H30N8O3/c1-16-10-11-35-23(16)28(39)36(20-8-6-5-7-9-20)26(33-35)17(2)32-25-22(24(29)30-15-31-25)18-12-19(14-21(37)13-18)27(38)34(3)4/h5-15,17,26,33,37H,1-4H3,(H3,29,30,31,32)/t17-,26?/m0/s1. The number of nitrogens with zero attached hydrogens (tertiary/aromatic N) is 5. The first-order valence-electron chi connectivity index (χ1n) is 12.4. The Morgan fingerprint density at radius 3 is 2.62 bits per heavy atom. The first-order chi connectivity index (χ1) is 18.7. The number of amides is 2. The molecule has 3 heterocycles. The third-order valence-electron chi connectivity index (χ3n) is 6.67. The van der Waals surface area contributed by atoms with Crippen LogP contribution >= 0.6 is 0 Å². The maximum Gasteiger partial charge on any atom is 0.278 e. The van der Waals surface area contributed by atoms with Gasteiger partial charge < -0.3 is 26.5 Å². The first-order valence-corrected chi connectivity index (χ1v) is 12.4. The van der Waals surface area contributed by atoms with E-state index in [0.717, 1.165) is 11.3 Å². The molecule has 39 heavy (non-hydrogen) atoms. The second kappa shape index (κ2) is 10.0. The lowest BCUT2D eigenvalue weighted by Crippen LogP contribution is -2.59. The summed E-state index contributed by atoms with van der Waals surface area (Å²) in [4.78, 5) is 38.1. The lowest BCUT2D eigenvalue weighted by Gasteiger charge is -2.41. The molecule has 0 saturated heterocycles. The van der Waals surface area contributed by atoms with Crippen LogP contribution in [0, 0.1) is 6.92 Å². The Morgan fingerprint density at radius 1 is 1.15 bits per heavy atom. The number of hydrogen-bond acceptors (Lipinski definition) is 8. The van der Waals surface area contributed by atoms with Crippen LogP contribution in [0.3, 0.4) is 0 Å². The summed E-state index contributed by atoms with van der Waals surface area (Å²) in [5, 5.41) is 13.8. The molecule has 2 atom stereocenters. The Balaban J connectivity index is 1.54. The van der Waals surface area contributed by atoms with Gasteiger partial charge in [0.2, 0.25) is 0 Å². The van der Waals surface area contributed by atoms with Crippen molar-refractivity contribution < 1.29 is 14.7 Å². The minimum atomic E-state index is -0.515. The highest BCUT2D eigenvalue weighted by Crippen LogP contribution is 2.35. The number of phenolic OH excluding ortho intramolecular Hbond substituents is 1. The SMILES string of the molecule is Cc1ccn2c1C(=O)N(c1ccccc1)C([C@H](C)Nc1ncnc(N)c1-c1cc(O)cc(C(=O)N(C)C)c1)N2. The Bertz CT molecular complexity index is 1550. The average Bonchev–Trinajstić information content (AvgIpc) is 3.29. The summed E-state index contributed by atoms with van der Waals surface area (Å²) in [6, 6.07) is 15.5. The van der Waals surface area contributed by atoms with E-state index in [9.17, 15) is 14.7 Å². The van der Waals surface area contributed by atoms with E-state index >= 15 is 0 Å². The van der Waals surface area contributed by atoms with E-state index in [1.54, 1.807) is 29.7 Å². The van der Waals surface area contributed by atoms with Crippen molar-refractivity contribution in [3.63, 3.8) is 0 Å². The summed E-state index contributed by atoms with van der Waals surface area (Å²) in [7, 11) is 3.27. The topological polar surface area (TPSA) is 142 Å². The normalized spacial score (nSPS) is 15.3. The summed E-state index contributed by atoms with van der Waals surface area (Å²) >= 11 is 0. The van der Waals surface area contributed by atoms with Gasteiger partial charge in [-0.15, -0.1) is 0 Å². The summed E-state index contributed by atoms with van der Waals surface area (Å²) < 4.78 is 1.74. The molecule has 0 bridgehead atoms. The van der Waals surface area contributed by atoms with Crippen LogP contribution in [0.15, 0.2) is 67.1 Å². The van der Waals surface area contributed by atoms with Gasteiger partial charge in [-0.1, -0.05) is 18.2 Å². The summed E-state index contributed by atoms with van der Waals surface area (Å²) in [5.41, 5.74) is 13.1. The molecule has 0 fully saturated rings. The summed E-state index contributed by atoms with van der Waals surface area (Å²) in [6.07, 6.45) is 2.65. The van der Waals surface area contributed by atoms with Crippen LogP contribution in [-0.4, -0.2) is 62.8 Å². The van der Waals surface area contributed by atoms with Crippen LogP contribution in [-0.2, 0) is 0 Å². The lowest BCUT2D eigenvalue weighted by molar-refractivity contribution is 0.0827. The Kier molecular flexibility index (Phi) is 6.57. The second-order valence-corrected chi connectivity index (χ2v) is 9.69. The molecular weight excluding hydrogens is 496 g/mol. The third-order valence-corrected chi connectivity index (χ3v) is 6.67. The molecule has 11 nitrogen and oxygen atoms in total. The molecule has 5 N–H and O–H groups in total. The van der Waals surface area contributed by atoms with Gasteiger partial charge in [0.1, 0.15) is 35.6 Å². The minimum Gasteiger partial charge on any atom is -0.508 e. The molecule has 0 radical (unpaired) electrons. The number of aromatic nitrogens is 3. The fourth-order valence-electron chi connectivity index (χ4n) is 4.78. The number of carbonyl (C=O) groups excluding carboxylic acids is 2. The molecule has 11 heteroatoms. The minimum absolute atomic E-state index is 0.0924. The number of benzene rings is 2. The molecule has 2 amide bonds. The van der Waals surface area contributed by atoms with Crippen LogP contribution < -0.4 is 21.4 Å². The van der Waals surface area contributed by atoms with E-state index in [2.05, 4.69) is 20.7 Å². The monoisotopic (exact) mass is 526 g/mol. The summed E-state index contributed by atoms with van der Waals surface area (Å²) in [5.74, 6) is 0.0605. The van der Waals surface area contributed by atoms with Gasteiger partial charge in [0.05, 0.1) is 11.6 Å². The van der Waals surface area contributed by atoms with Crippen LogP contribution in [0.1, 0.15) is 33.3 Å². The number of anilines is 3. The predicted molar refractivity (Wildman–Crippen MR) is 150 cm³/mol. The van der Waals surface area contributed by atoms with Crippen LogP contribution in [0.5, 0.6) is 5.75 Å². The lowest BCUT2D eigenvalue weighted by atomic mass is 10.0. The maximum atomic E-state index is 13.7. The molecule has 1 unspecified atom stereocenters. The number of aryl methyl sites for hydroxylation is 1. The van der Waals surface area contributed by atoms with Crippen molar-refractivity contribution in [3.8, 4) is 16.9 Å². The van der Waals surface area contributed by atoms with Crippen molar-refractivity contribution >= 4 is 29.1 Å². The number of fused-ring (bicyclic) bond motifs is 1. The van der Waals surface area contributed by atoms with E-state index in [0.29, 0.717) is 28.2 Å². The largest absolute Gasteiger partial charge is 0.508 e. The zero-order valence-corrected chi connectivity index (χ0v) is 22.1. The quantitative estimate of drug-likeness (QED) is 0.300. The molecule has 4 aromatic rings. The van der Waals surface area contributed by atoms with Crippen molar-refractivity contribution in [1.29, 1.82) is 0 Å². The van der Waals surface area contributed by atoms with E-state index in [-0.39, 0.29) is 23.4 Å². The Morgan fingerprint density at radius 2 is 1.90 bits per heavy atom. The van der Waals surface area contributed by atoms with Gasteiger partial charge in [-0.3, -0.25) is 19.2 Å². The van der Waals surface area contributed by atoms with Gasteiger partial charge in [0.25, 0.3) is 11.8 Å². The van der Waals surface area contributed by atoms with E-state index in [1.165, 1.54) is 23.4 Å². The van der Waals surface area contributed by atoms with E-state index in [4.69, 9.17) is 5.73 Å². The number of phenols is 1. The number of nitrogen functional groups attached to an aromatic ring is 1. The fourth-order valence-corrected chi connectivity index (χ4v) is 4.78. The highest BCUT2D eigenvalue weighted by Gasteiger charge is 2.37. The molecule has 2 aromatic heterocycles. The molecule has 5 rings (SSSR count). The van der Waals surface area contributed by atoms with E-state index in [1.807, 2.05) is 56.4 Å². The molecule has 0 aliphatic carbocycles. The molecule has 200 valence electrons. The molecule has 1 aliphatic rings. The van der Waals surface area contributed by atoms with Gasteiger partial charge in [-0.2, -0.15) is 0 Å². The Hall–Kier alpha value is -5.06. The van der Waals surface area contributed by atoms with Gasteiger partial charge in [0.15, 0.2) is 0 Å². The summed E-state index contributed by atoms with van der Waals surface area (Å²) in [6.45, 7) is 3.82.